The van der Waals surface area contributed by atoms with Gasteiger partial charge in [0.1, 0.15) is 5.82 Å². The summed E-state index contributed by atoms with van der Waals surface area (Å²) in [4.78, 5) is 15.5. The van der Waals surface area contributed by atoms with Gasteiger partial charge in [0.25, 0.3) is 0 Å². The Morgan fingerprint density at radius 2 is 2.14 bits per heavy atom. The Bertz CT molecular complexity index is 613. The minimum absolute atomic E-state index is 0.0273. The van der Waals surface area contributed by atoms with E-state index in [9.17, 15) is 13.6 Å². The summed E-state index contributed by atoms with van der Waals surface area (Å²) in [6.45, 7) is -2.69. The molecule has 0 unspecified atom stereocenters. The van der Waals surface area contributed by atoms with Crippen molar-refractivity contribution in [2.24, 2.45) is 0 Å². The molecule has 7 heteroatoms. The van der Waals surface area contributed by atoms with Gasteiger partial charge in [-0.15, -0.1) is 0 Å². The van der Waals surface area contributed by atoms with Gasteiger partial charge in [0.05, 0.1) is 6.54 Å². The summed E-state index contributed by atoms with van der Waals surface area (Å²) in [6.07, 6.45) is 3.19. The average Bonchev–Trinajstić information content (AvgIpc) is 2.93. The molecular formula is C14H16F2N4O. The maximum Gasteiger partial charge on any atom is 0.319 e. The Morgan fingerprint density at radius 1 is 1.38 bits per heavy atom. The number of nitrogens with zero attached hydrogens (tertiary/aromatic N) is 2. The third kappa shape index (κ3) is 4.01. The number of carbonyl (C=O) groups excluding carboxylic acids is 1. The third-order valence-corrected chi connectivity index (χ3v) is 3.08. The van der Waals surface area contributed by atoms with E-state index in [1.54, 1.807) is 6.07 Å². The topological polar surface area (TPSA) is 72.9 Å². The van der Waals surface area contributed by atoms with Gasteiger partial charge in [-0.05, 0) is 18.1 Å². The number of benzene rings is 1. The molecular weight excluding hydrogens is 278 g/mol. The number of amides is 1. The fourth-order valence-electron chi connectivity index (χ4n) is 1.93. The van der Waals surface area contributed by atoms with Crippen LogP contribution in [-0.4, -0.2) is 15.5 Å². The van der Waals surface area contributed by atoms with E-state index in [4.69, 9.17) is 5.73 Å². The van der Waals surface area contributed by atoms with Crippen LogP contribution >= 0.6 is 0 Å². The molecule has 0 aliphatic carbocycles. The standard InChI is InChI=1S/C14H16F2N4O/c15-14(16)20-8-7-18-12(20)9-19-13(21)6-5-10-3-1-2-4-11(10)17/h1-4,7-8,14H,5-6,9,17H2,(H,19,21). The fourth-order valence-corrected chi connectivity index (χ4v) is 1.93. The lowest BCUT2D eigenvalue weighted by Gasteiger charge is -2.08. The number of carbonyl (C=O) groups is 1. The largest absolute Gasteiger partial charge is 0.399 e. The number of rotatable bonds is 6. The van der Waals surface area contributed by atoms with Gasteiger partial charge in [-0.1, -0.05) is 18.2 Å². The fraction of sp³-hybridized carbons (Fsp3) is 0.286. The Labute approximate surface area is 120 Å². The van der Waals surface area contributed by atoms with E-state index < -0.39 is 6.55 Å². The highest BCUT2D eigenvalue weighted by Gasteiger charge is 2.12. The summed E-state index contributed by atoms with van der Waals surface area (Å²) in [7, 11) is 0. The highest BCUT2D eigenvalue weighted by molar-refractivity contribution is 5.76. The van der Waals surface area contributed by atoms with Crippen LogP contribution in [0.25, 0.3) is 0 Å². The van der Waals surface area contributed by atoms with Gasteiger partial charge >= 0.3 is 6.55 Å². The van der Waals surface area contributed by atoms with Crippen molar-refractivity contribution >= 4 is 11.6 Å². The zero-order valence-electron chi connectivity index (χ0n) is 11.3. The number of hydrogen-bond acceptors (Lipinski definition) is 3. The number of aromatic nitrogens is 2. The molecule has 0 spiro atoms. The summed E-state index contributed by atoms with van der Waals surface area (Å²) in [6, 6.07) is 7.30. The van der Waals surface area contributed by atoms with Gasteiger partial charge in [0.2, 0.25) is 5.91 Å². The third-order valence-electron chi connectivity index (χ3n) is 3.08. The zero-order chi connectivity index (χ0) is 15.2. The van der Waals surface area contributed by atoms with Crippen molar-refractivity contribution in [3.63, 3.8) is 0 Å². The first-order valence-electron chi connectivity index (χ1n) is 6.48. The van der Waals surface area contributed by atoms with Crippen LogP contribution in [0.1, 0.15) is 24.4 Å². The van der Waals surface area contributed by atoms with E-state index >= 15 is 0 Å². The van der Waals surface area contributed by atoms with Crippen LogP contribution in [0.2, 0.25) is 0 Å². The number of alkyl halides is 2. The molecule has 0 radical (unpaired) electrons. The molecule has 0 saturated carbocycles. The molecule has 1 aromatic carbocycles. The van der Waals surface area contributed by atoms with Crippen LogP contribution in [0.4, 0.5) is 14.5 Å². The monoisotopic (exact) mass is 294 g/mol. The van der Waals surface area contributed by atoms with Crippen molar-refractivity contribution < 1.29 is 13.6 Å². The molecule has 0 atom stereocenters. The first kappa shape index (κ1) is 15.0. The van der Waals surface area contributed by atoms with Crippen molar-refractivity contribution in [2.45, 2.75) is 25.9 Å². The molecule has 0 aliphatic heterocycles. The summed E-state index contributed by atoms with van der Waals surface area (Å²) in [5.41, 5.74) is 7.31. The number of nitrogens with one attached hydrogen (secondary N) is 1. The Kier molecular flexibility index (Phi) is 4.86. The van der Waals surface area contributed by atoms with Crippen LogP contribution in [0.3, 0.4) is 0 Å². The van der Waals surface area contributed by atoms with E-state index in [0.717, 1.165) is 10.1 Å². The molecule has 0 saturated heterocycles. The highest BCUT2D eigenvalue weighted by Crippen LogP contribution is 2.13. The number of aryl methyl sites for hydroxylation is 1. The lowest BCUT2D eigenvalue weighted by molar-refractivity contribution is -0.121. The number of nitrogen functional groups attached to an aromatic ring is 1. The lowest BCUT2D eigenvalue weighted by atomic mass is 10.1. The van der Waals surface area contributed by atoms with Crippen molar-refractivity contribution in [2.75, 3.05) is 5.73 Å². The quantitative estimate of drug-likeness (QED) is 0.801. The molecule has 1 heterocycles. The minimum Gasteiger partial charge on any atom is -0.399 e. The van der Waals surface area contributed by atoms with Gasteiger partial charge in [-0.2, -0.15) is 8.78 Å². The second-order valence-electron chi connectivity index (χ2n) is 4.50. The van der Waals surface area contributed by atoms with Gasteiger partial charge in [0, 0.05) is 24.5 Å². The van der Waals surface area contributed by atoms with E-state index in [-0.39, 0.29) is 24.7 Å². The molecule has 0 fully saturated rings. The van der Waals surface area contributed by atoms with Gasteiger partial charge in [-0.3, -0.25) is 9.36 Å². The Hall–Kier alpha value is -2.44. The number of halogens is 2. The van der Waals surface area contributed by atoms with Crippen LogP contribution in [0.15, 0.2) is 36.7 Å². The molecule has 5 nitrogen and oxygen atoms in total. The van der Waals surface area contributed by atoms with Crippen LogP contribution in [0.5, 0.6) is 0 Å². The number of imidazole rings is 1. The van der Waals surface area contributed by atoms with E-state index in [1.165, 1.54) is 12.4 Å². The Morgan fingerprint density at radius 3 is 2.86 bits per heavy atom. The van der Waals surface area contributed by atoms with Crippen molar-refractivity contribution in [3.05, 3.63) is 48.0 Å². The first-order valence-corrected chi connectivity index (χ1v) is 6.48. The predicted octanol–water partition coefficient (Wildman–Crippen LogP) is 2.11. The van der Waals surface area contributed by atoms with Crippen LogP contribution in [0, 0.1) is 0 Å². The van der Waals surface area contributed by atoms with Gasteiger partial charge in [-0.25, -0.2) is 4.98 Å². The lowest BCUT2D eigenvalue weighted by Crippen LogP contribution is -2.25. The summed E-state index contributed by atoms with van der Waals surface area (Å²) < 4.78 is 25.9. The minimum atomic E-state index is -2.66. The van der Waals surface area contributed by atoms with Crippen LogP contribution < -0.4 is 11.1 Å². The van der Waals surface area contributed by atoms with Crippen molar-refractivity contribution in [3.8, 4) is 0 Å². The molecule has 2 rings (SSSR count). The molecule has 21 heavy (non-hydrogen) atoms. The molecule has 112 valence electrons. The smallest absolute Gasteiger partial charge is 0.319 e. The van der Waals surface area contributed by atoms with E-state index in [1.807, 2.05) is 18.2 Å². The second-order valence-corrected chi connectivity index (χ2v) is 4.50. The number of hydrogen-bond donors (Lipinski definition) is 2. The summed E-state index contributed by atoms with van der Waals surface area (Å²) in [5.74, 6) is -0.111. The van der Waals surface area contributed by atoms with Crippen molar-refractivity contribution in [1.29, 1.82) is 0 Å². The molecule has 1 amide bonds. The van der Waals surface area contributed by atoms with Crippen molar-refractivity contribution in [1.82, 2.24) is 14.9 Å². The Balaban J connectivity index is 1.83. The normalized spacial score (nSPS) is 10.8. The molecule has 0 bridgehead atoms. The van der Waals surface area contributed by atoms with E-state index in [2.05, 4.69) is 10.3 Å². The van der Waals surface area contributed by atoms with Gasteiger partial charge in [0.15, 0.2) is 0 Å². The maximum atomic E-state index is 12.6. The SMILES string of the molecule is Nc1ccccc1CCC(=O)NCc1nccn1C(F)F. The summed E-state index contributed by atoms with van der Waals surface area (Å²) in [5, 5.41) is 2.57. The number of nitrogens with two attached hydrogens (primary N) is 1. The van der Waals surface area contributed by atoms with Crippen LogP contribution in [-0.2, 0) is 17.8 Å². The average molecular weight is 294 g/mol. The molecule has 0 aliphatic rings. The second kappa shape index (κ2) is 6.83. The predicted molar refractivity (Wildman–Crippen MR) is 74.5 cm³/mol. The maximum absolute atomic E-state index is 12.6. The van der Waals surface area contributed by atoms with E-state index in [0.29, 0.717) is 12.1 Å². The first-order chi connectivity index (χ1) is 10.1. The number of anilines is 1. The number of para-hydroxylation sites is 1. The molecule has 1 aromatic heterocycles. The highest BCUT2D eigenvalue weighted by atomic mass is 19.3. The zero-order valence-corrected chi connectivity index (χ0v) is 11.3. The summed E-state index contributed by atoms with van der Waals surface area (Å²) >= 11 is 0. The molecule has 3 N–H and O–H groups in total. The molecule has 2 aromatic rings. The van der Waals surface area contributed by atoms with Gasteiger partial charge < -0.3 is 11.1 Å².